The van der Waals surface area contributed by atoms with Gasteiger partial charge in [-0.1, -0.05) is 42.1 Å². The first-order valence-corrected chi connectivity index (χ1v) is 13.4. The maximum Gasteiger partial charge on any atom is 0.338 e. The van der Waals surface area contributed by atoms with E-state index in [0.717, 1.165) is 24.1 Å². The summed E-state index contributed by atoms with van der Waals surface area (Å²) in [5, 5.41) is 2.64. The highest BCUT2D eigenvalue weighted by Crippen LogP contribution is 2.45. The number of hydrogen-bond donors (Lipinski definition) is 0. The summed E-state index contributed by atoms with van der Waals surface area (Å²) in [5.74, 6) is -1.07. The van der Waals surface area contributed by atoms with Crippen molar-refractivity contribution in [3.05, 3.63) is 58.3 Å². The molecule has 0 aliphatic carbocycles. The van der Waals surface area contributed by atoms with Gasteiger partial charge in [0.25, 0.3) is 0 Å². The van der Waals surface area contributed by atoms with Gasteiger partial charge in [0.1, 0.15) is 6.61 Å². The Labute approximate surface area is 221 Å². The average Bonchev–Trinajstić information content (AvgIpc) is 3.30. The lowest BCUT2D eigenvalue weighted by molar-refractivity contribution is -0.151. The summed E-state index contributed by atoms with van der Waals surface area (Å²) in [4.78, 5) is 47.3. The molecule has 0 spiro atoms. The van der Waals surface area contributed by atoms with Gasteiger partial charge >= 0.3 is 11.9 Å². The van der Waals surface area contributed by atoms with Crippen molar-refractivity contribution in [3.8, 4) is 0 Å². The second-order valence-corrected chi connectivity index (χ2v) is 9.88. The summed E-state index contributed by atoms with van der Waals surface area (Å²) in [6.45, 7) is 5.31. The lowest BCUT2D eigenvalue weighted by atomic mass is 9.93. The van der Waals surface area contributed by atoms with Crippen molar-refractivity contribution >= 4 is 34.8 Å². The second kappa shape index (κ2) is 12.4. The van der Waals surface area contributed by atoms with E-state index in [9.17, 15) is 14.4 Å². The summed E-state index contributed by atoms with van der Waals surface area (Å²) in [6, 6.07) is 9.20. The standard InChI is InChI=1S/C27H33N3O6S/c1-4-35-25(32)20-11-8-12-29(16-20)22(31)15-21-17-37-27-28-18(2)23(26(33)36-14-13-34-3)24(30(21)27)19-9-6-5-7-10-19/h5-7,9-10,17,20,24H,4,8,11-16H2,1-3H3/t20-,24+/m1/s1. The molecule has 3 aliphatic heterocycles. The largest absolute Gasteiger partial charge is 0.466 e. The number of esters is 2. The van der Waals surface area contributed by atoms with Gasteiger partial charge in [0.05, 0.1) is 42.9 Å². The molecule has 9 nitrogen and oxygen atoms in total. The number of hydrogen-bond acceptors (Lipinski definition) is 9. The van der Waals surface area contributed by atoms with E-state index in [1.807, 2.05) is 40.6 Å². The summed E-state index contributed by atoms with van der Waals surface area (Å²) >= 11 is 1.44. The lowest BCUT2D eigenvalue weighted by Crippen LogP contribution is -2.44. The number of ether oxygens (including phenoxy) is 3. The highest BCUT2D eigenvalue weighted by Gasteiger charge is 2.41. The Morgan fingerprint density at radius 2 is 1.92 bits per heavy atom. The van der Waals surface area contributed by atoms with Gasteiger partial charge in [0.15, 0.2) is 5.17 Å². The molecule has 1 fully saturated rings. The topological polar surface area (TPSA) is 97.7 Å². The van der Waals surface area contributed by atoms with Gasteiger partial charge in [-0.15, -0.1) is 0 Å². The number of fused-ring (bicyclic) bond motifs is 1. The number of methoxy groups -OCH3 is 1. The first kappa shape index (κ1) is 26.9. The van der Waals surface area contributed by atoms with Gasteiger partial charge in [0.2, 0.25) is 5.91 Å². The van der Waals surface area contributed by atoms with Crippen molar-refractivity contribution < 1.29 is 28.6 Å². The smallest absolute Gasteiger partial charge is 0.338 e. The molecule has 3 heterocycles. The van der Waals surface area contributed by atoms with Crippen LogP contribution in [-0.4, -0.2) is 72.8 Å². The van der Waals surface area contributed by atoms with E-state index in [1.165, 1.54) is 11.8 Å². The molecule has 37 heavy (non-hydrogen) atoms. The zero-order valence-electron chi connectivity index (χ0n) is 21.5. The number of piperidine rings is 1. The maximum absolute atomic E-state index is 13.4. The number of nitrogens with zero attached hydrogens (tertiary/aromatic N) is 3. The van der Waals surface area contributed by atoms with Gasteiger partial charge in [-0.05, 0) is 37.7 Å². The number of amides is 1. The molecule has 0 N–H and O–H groups in total. The molecule has 1 saturated heterocycles. The normalized spacial score (nSPS) is 21.3. The van der Waals surface area contributed by atoms with Crippen molar-refractivity contribution in [3.63, 3.8) is 0 Å². The number of carbonyl (C=O) groups is 3. The van der Waals surface area contributed by atoms with Gasteiger partial charge in [-0.2, -0.15) is 0 Å². The molecule has 2 atom stereocenters. The van der Waals surface area contributed by atoms with E-state index in [0.29, 0.717) is 42.7 Å². The van der Waals surface area contributed by atoms with Crippen LogP contribution in [0.25, 0.3) is 0 Å². The molecular weight excluding hydrogens is 494 g/mol. The number of rotatable bonds is 9. The highest BCUT2D eigenvalue weighted by atomic mass is 32.2. The summed E-state index contributed by atoms with van der Waals surface area (Å²) in [5.41, 5.74) is 2.68. The van der Waals surface area contributed by atoms with E-state index >= 15 is 0 Å². The molecule has 0 aromatic heterocycles. The van der Waals surface area contributed by atoms with Crippen molar-refractivity contribution in [1.82, 2.24) is 9.80 Å². The Morgan fingerprint density at radius 1 is 1.14 bits per heavy atom. The third kappa shape index (κ3) is 6.07. The quantitative estimate of drug-likeness (QED) is 0.355. The first-order valence-electron chi connectivity index (χ1n) is 12.5. The highest BCUT2D eigenvalue weighted by molar-refractivity contribution is 8.16. The summed E-state index contributed by atoms with van der Waals surface area (Å²) in [6.07, 6.45) is 1.61. The number of benzene rings is 1. The van der Waals surface area contributed by atoms with E-state index in [1.54, 1.807) is 25.9 Å². The first-order chi connectivity index (χ1) is 17.9. The van der Waals surface area contributed by atoms with Crippen LogP contribution in [0.4, 0.5) is 0 Å². The van der Waals surface area contributed by atoms with Gasteiger partial charge in [0, 0.05) is 25.9 Å². The minimum absolute atomic E-state index is 0.0654. The second-order valence-electron chi connectivity index (χ2n) is 9.04. The van der Waals surface area contributed by atoms with Gasteiger partial charge in [-0.3, -0.25) is 9.59 Å². The zero-order chi connectivity index (χ0) is 26.4. The van der Waals surface area contributed by atoms with Crippen molar-refractivity contribution in [1.29, 1.82) is 0 Å². The minimum Gasteiger partial charge on any atom is -0.466 e. The average molecular weight is 528 g/mol. The molecule has 0 unspecified atom stereocenters. The van der Waals surface area contributed by atoms with Gasteiger partial charge in [-0.25, -0.2) is 9.79 Å². The number of likely N-dealkylation sites (tertiary alicyclic amines) is 1. The molecule has 0 bridgehead atoms. The number of aliphatic imine (C=N–C) groups is 1. The van der Waals surface area contributed by atoms with Crippen molar-refractivity contribution in [2.24, 2.45) is 10.9 Å². The lowest BCUT2D eigenvalue weighted by Gasteiger charge is -2.37. The van der Waals surface area contributed by atoms with Crippen LogP contribution in [-0.2, 0) is 28.6 Å². The maximum atomic E-state index is 13.4. The Hall–Kier alpha value is -3.11. The number of thioether (sulfide) groups is 1. The predicted octanol–water partition coefficient (Wildman–Crippen LogP) is 3.64. The molecule has 3 aliphatic rings. The molecule has 1 aromatic rings. The van der Waals surface area contributed by atoms with E-state index in [4.69, 9.17) is 19.2 Å². The zero-order valence-corrected chi connectivity index (χ0v) is 22.3. The molecule has 0 radical (unpaired) electrons. The van der Waals surface area contributed by atoms with E-state index < -0.39 is 12.0 Å². The fourth-order valence-electron chi connectivity index (χ4n) is 4.80. The van der Waals surface area contributed by atoms with Crippen molar-refractivity contribution in [2.75, 3.05) is 40.0 Å². The molecule has 0 saturated carbocycles. The molecule has 4 rings (SSSR count). The number of carbonyl (C=O) groups excluding carboxylic acids is 3. The Morgan fingerprint density at radius 3 is 2.65 bits per heavy atom. The monoisotopic (exact) mass is 527 g/mol. The van der Waals surface area contributed by atoms with Crippen LogP contribution in [0, 0.1) is 5.92 Å². The van der Waals surface area contributed by atoms with E-state index in [2.05, 4.69) is 0 Å². The predicted molar refractivity (Wildman–Crippen MR) is 140 cm³/mol. The molecule has 10 heteroatoms. The van der Waals surface area contributed by atoms with E-state index in [-0.39, 0.29) is 30.8 Å². The van der Waals surface area contributed by atoms with Crippen LogP contribution in [0.5, 0.6) is 0 Å². The fourth-order valence-corrected chi connectivity index (χ4v) is 5.76. The summed E-state index contributed by atoms with van der Waals surface area (Å²) < 4.78 is 15.7. The molecule has 198 valence electrons. The number of amidine groups is 1. The SMILES string of the molecule is CCOC(=O)[C@@H]1CCCN(C(=O)CC2=CSC3=NC(C)=C(C(=O)OCCOC)[C@H](c4ccccc4)N23)C1. The Bertz CT molecular complexity index is 1120. The fraction of sp³-hybridized carbons (Fsp3) is 0.481. The number of allylic oxidation sites excluding steroid dienone is 1. The molecule has 1 amide bonds. The minimum atomic E-state index is -0.480. The Kier molecular flexibility index (Phi) is 9.04. The molecular formula is C27H33N3O6S. The van der Waals surface area contributed by atoms with Crippen LogP contribution in [0.3, 0.4) is 0 Å². The summed E-state index contributed by atoms with van der Waals surface area (Å²) in [7, 11) is 1.55. The van der Waals surface area contributed by atoms with Crippen LogP contribution < -0.4 is 0 Å². The van der Waals surface area contributed by atoms with Crippen LogP contribution in [0.2, 0.25) is 0 Å². The third-order valence-electron chi connectivity index (χ3n) is 6.58. The third-order valence-corrected chi connectivity index (χ3v) is 7.47. The van der Waals surface area contributed by atoms with Gasteiger partial charge < -0.3 is 24.0 Å². The van der Waals surface area contributed by atoms with Crippen LogP contribution >= 0.6 is 11.8 Å². The Balaban J connectivity index is 1.57. The van der Waals surface area contributed by atoms with Crippen LogP contribution in [0.15, 0.2) is 57.7 Å². The van der Waals surface area contributed by atoms with Crippen LogP contribution in [0.1, 0.15) is 44.7 Å². The molecule has 1 aromatic carbocycles. The van der Waals surface area contributed by atoms with Crippen molar-refractivity contribution in [2.45, 2.75) is 39.2 Å².